The first kappa shape index (κ1) is 27.1. The second kappa shape index (κ2) is 9.90. The maximum absolute atomic E-state index is 14.6. The smallest absolute Gasteiger partial charge is 0.369 e. The van der Waals surface area contributed by atoms with E-state index in [9.17, 15) is 40.4 Å². The molecule has 9 nitrogen and oxygen atoms in total. The fourth-order valence-corrected chi connectivity index (χ4v) is 6.70. The number of piperazine rings is 1. The Labute approximate surface area is 221 Å². The average Bonchev–Trinajstić information content (AvgIpc) is 3.19. The topological polar surface area (TPSA) is 107 Å². The lowest BCUT2D eigenvalue weighted by atomic mass is 10.0. The maximum atomic E-state index is 14.6. The number of sulfonamides is 1. The van der Waals surface area contributed by atoms with Crippen molar-refractivity contribution in [2.75, 3.05) is 31.1 Å². The SMILES string of the molecule is O=C1CCC(N2Cc3c(cc(F)cc3N3CCN(S(=O)(=O)Cc4ccc(C(F)(F)F)cc4)CC3)C2=O)C(=O)N1. The molecular formula is C25H24F4N4O5S. The highest BCUT2D eigenvalue weighted by atomic mass is 32.2. The number of nitrogens with zero attached hydrogens (tertiary/aromatic N) is 3. The quantitative estimate of drug-likeness (QED) is 0.438. The largest absolute Gasteiger partial charge is 0.416 e. The molecule has 0 aromatic heterocycles. The number of hydrogen-bond donors (Lipinski definition) is 1. The van der Waals surface area contributed by atoms with E-state index in [2.05, 4.69) is 5.32 Å². The molecule has 3 aliphatic heterocycles. The minimum Gasteiger partial charge on any atom is -0.369 e. The van der Waals surface area contributed by atoms with Gasteiger partial charge in [0.05, 0.1) is 11.3 Å². The van der Waals surface area contributed by atoms with Gasteiger partial charge < -0.3 is 9.80 Å². The number of imide groups is 1. The fourth-order valence-electron chi connectivity index (χ4n) is 5.19. The minimum absolute atomic E-state index is 0.0441. The number of carbonyl (C=O) groups excluding carboxylic acids is 3. The zero-order chi connectivity index (χ0) is 28.1. The number of alkyl halides is 3. The molecule has 2 saturated heterocycles. The molecule has 3 heterocycles. The lowest BCUT2D eigenvalue weighted by Gasteiger charge is -2.36. The summed E-state index contributed by atoms with van der Waals surface area (Å²) in [6, 6.07) is 5.48. The third-order valence-corrected chi connectivity index (χ3v) is 9.05. The van der Waals surface area contributed by atoms with Crippen molar-refractivity contribution in [1.82, 2.24) is 14.5 Å². The number of fused-ring (bicyclic) bond motifs is 1. The van der Waals surface area contributed by atoms with Gasteiger partial charge in [0.15, 0.2) is 0 Å². The molecule has 2 aromatic rings. The summed E-state index contributed by atoms with van der Waals surface area (Å²) in [5.41, 5.74) is 0.419. The first-order valence-electron chi connectivity index (χ1n) is 12.2. The Morgan fingerprint density at radius 3 is 2.26 bits per heavy atom. The fraction of sp³-hybridized carbons (Fsp3) is 0.400. The van der Waals surface area contributed by atoms with Gasteiger partial charge in [-0.1, -0.05) is 12.1 Å². The Morgan fingerprint density at radius 1 is 0.974 bits per heavy atom. The van der Waals surface area contributed by atoms with Crippen LogP contribution in [0.25, 0.3) is 0 Å². The molecule has 14 heteroatoms. The van der Waals surface area contributed by atoms with Crippen LogP contribution in [0.1, 0.15) is 39.9 Å². The summed E-state index contributed by atoms with van der Waals surface area (Å²) >= 11 is 0. The van der Waals surface area contributed by atoms with Crippen LogP contribution in [0.4, 0.5) is 23.2 Å². The number of amides is 3. The van der Waals surface area contributed by atoms with Crippen LogP contribution in [0.3, 0.4) is 0 Å². The first-order chi connectivity index (χ1) is 18.3. The summed E-state index contributed by atoms with van der Waals surface area (Å²) < 4.78 is 80.1. The average molecular weight is 569 g/mol. The van der Waals surface area contributed by atoms with Crippen molar-refractivity contribution in [3.63, 3.8) is 0 Å². The van der Waals surface area contributed by atoms with E-state index in [4.69, 9.17) is 0 Å². The van der Waals surface area contributed by atoms with E-state index in [-0.39, 0.29) is 56.7 Å². The molecular weight excluding hydrogens is 544 g/mol. The lowest BCUT2D eigenvalue weighted by molar-refractivity contribution is -0.138. The normalized spacial score (nSPS) is 20.8. The Balaban J connectivity index is 1.28. The maximum Gasteiger partial charge on any atom is 0.416 e. The predicted octanol–water partition coefficient (Wildman–Crippen LogP) is 2.26. The van der Waals surface area contributed by atoms with Crippen LogP contribution in [0.15, 0.2) is 36.4 Å². The molecule has 5 rings (SSSR count). The van der Waals surface area contributed by atoms with Gasteiger partial charge in [-0.3, -0.25) is 19.7 Å². The molecule has 0 spiro atoms. The second-order valence-electron chi connectivity index (χ2n) is 9.69. The van der Waals surface area contributed by atoms with Crippen molar-refractivity contribution in [1.29, 1.82) is 0 Å². The summed E-state index contributed by atoms with van der Waals surface area (Å²) in [6.45, 7) is 0.532. The summed E-state index contributed by atoms with van der Waals surface area (Å²) in [7, 11) is -3.84. The molecule has 0 aliphatic carbocycles. The Bertz CT molecular complexity index is 1440. The van der Waals surface area contributed by atoms with Gasteiger partial charge in [0.25, 0.3) is 5.91 Å². The summed E-state index contributed by atoms with van der Waals surface area (Å²) in [4.78, 5) is 40.0. The highest BCUT2D eigenvalue weighted by Gasteiger charge is 2.41. The van der Waals surface area contributed by atoms with Crippen molar-refractivity contribution in [2.45, 2.75) is 37.4 Å². The van der Waals surface area contributed by atoms with Crippen LogP contribution in [0.2, 0.25) is 0 Å². The monoisotopic (exact) mass is 568 g/mol. The third-order valence-electron chi connectivity index (χ3n) is 7.20. The van der Waals surface area contributed by atoms with E-state index in [0.717, 1.165) is 30.3 Å². The number of carbonyl (C=O) groups is 3. The van der Waals surface area contributed by atoms with Crippen molar-refractivity contribution >= 4 is 33.4 Å². The van der Waals surface area contributed by atoms with Crippen LogP contribution >= 0.6 is 0 Å². The molecule has 3 amide bonds. The number of anilines is 1. The predicted molar refractivity (Wildman–Crippen MR) is 130 cm³/mol. The number of hydrogen-bond acceptors (Lipinski definition) is 6. The van der Waals surface area contributed by atoms with E-state index < -0.39 is 57.1 Å². The molecule has 3 aliphatic rings. The van der Waals surface area contributed by atoms with Gasteiger partial charge in [-0.15, -0.1) is 0 Å². The number of piperidine rings is 1. The molecule has 1 N–H and O–H groups in total. The molecule has 0 radical (unpaired) electrons. The standard InChI is InChI=1S/C25H24F4N4O5S/c26-17-11-18-19(13-33(24(18)36)20-5-6-22(34)30-23(20)35)21(12-17)31-7-9-32(10-8-31)39(37,38)14-15-1-3-16(4-2-15)25(27,28)29/h1-4,11-12,20H,5-10,13-14H2,(H,30,34,35). The highest BCUT2D eigenvalue weighted by molar-refractivity contribution is 7.88. The summed E-state index contributed by atoms with van der Waals surface area (Å²) in [6.07, 6.45) is -4.27. The molecule has 1 atom stereocenters. The van der Waals surface area contributed by atoms with Crippen LogP contribution in [-0.2, 0) is 38.1 Å². The number of nitrogens with one attached hydrogen (secondary N) is 1. The van der Waals surface area contributed by atoms with Crippen molar-refractivity contribution in [2.24, 2.45) is 0 Å². The van der Waals surface area contributed by atoms with Gasteiger partial charge in [0, 0.05) is 56.0 Å². The minimum atomic E-state index is -4.52. The van der Waals surface area contributed by atoms with Gasteiger partial charge in [0.2, 0.25) is 21.8 Å². The molecule has 0 saturated carbocycles. The second-order valence-corrected chi connectivity index (χ2v) is 11.7. The molecule has 2 aromatic carbocycles. The number of rotatable bonds is 5. The van der Waals surface area contributed by atoms with Gasteiger partial charge >= 0.3 is 6.18 Å². The molecule has 2 fully saturated rings. The van der Waals surface area contributed by atoms with Crippen molar-refractivity contribution in [3.8, 4) is 0 Å². The summed E-state index contributed by atoms with van der Waals surface area (Å²) in [5, 5.41) is 2.22. The van der Waals surface area contributed by atoms with Crippen LogP contribution in [0.5, 0.6) is 0 Å². The Hall–Kier alpha value is -3.52. The highest BCUT2D eigenvalue weighted by Crippen LogP contribution is 2.36. The number of halogens is 4. The van der Waals surface area contributed by atoms with E-state index >= 15 is 0 Å². The van der Waals surface area contributed by atoms with Crippen molar-refractivity contribution in [3.05, 3.63) is 64.5 Å². The molecule has 1 unspecified atom stereocenters. The zero-order valence-corrected chi connectivity index (χ0v) is 21.3. The third kappa shape index (κ3) is 5.35. The van der Waals surface area contributed by atoms with E-state index in [1.165, 1.54) is 15.3 Å². The van der Waals surface area contributed by atoms with Crippen LogP contribution in [-0.4, -0.2) is 67.6 Å². The van der Waals surface area contributed by atoms with Crippen LogP contribution in [0, 0.1) is 5.82 Å². The van der Waals surface area contributed by atoms with E-state index in [1.807, 2.05) is 0 Å². The van der Waals surface area contributed by atoms with E-state index in [0.29, 0.717) is 11.3 Å². The lowest BCUT2D eigenvalue weighted by Crippen LogP contribution is -2.52. The van der Waals surface area contributed by atoms with E-state index in [1.54, 1.807) is 4.90 Å². The number of benzene rings is 2. The first-order valence-corrected chi connectivity index (χ1v) is 13.8. The van der Waals surface area contributed by atoms with Crippen molar-refractivity contribution < 1.29 is 40.4 Å². The summed E-state index contributed by atoms with van der Waals surface area (Å²) in [5.74, 6) is -2.63. The van der Waals surface area contributed by atoms with Gasteiger partial charge in [-0.05, 0) is 36.2 Å². The Morgan fingerprint density at radius 2 is 1.64 bits per heavy atom. The van der Waals surface area contributed by atoms with Gasteiger partial charge in [-0.25, -0.2) is 12.8 Å². The van der Waals surface area contributed by atoms with Crippen LogP contribution < -0.4 is 10.2 Å². The Kier molecular flexibility index (Phi) is 6.87. The molecule has 39 heavy (non-hydrogen) atoms. The van der Waals surface area contributed by atoms with Gasteiger partial charge in [0.1, 0.15) is 11.9 Å². The van der Waals surface area contributed by atoms with Gasteiger partial charge in [-0.2, -0.15) is 17.5 Å². The molecule has 0 bridgehead atoms. The zero-order valence-electron chi connectivity index (χ0n) is 20.5. The molecule has 208 valence electrons.